The first-order valence-corrected chi connectivity index (χ1v) is 11.1. The average Bonchev–Trinajstić information content (AvgIpc) is 3.17. The molecular formula is C20H29N5O2S. The van der Waals surface area contributed by atoms with Crippen molar-refractivity contribution in [3.05, 3.63) is 17.6 Å². The summed E-state index contributed by atoms with van der Waals surface area (Å²) in [6, 6.07) is 1.72. The Hall–Kier alpha value is -1.83. The minimum absolute atomic E-state index is 0.105. The molecule has 0 radical (unpaired) electrons. The molecule has 7 nitrogen and oxygen atoms in total. The van der Waals surface area contributed by atoms with E-state index >= 15 is 0 Å². The van der Waals surface area contributed by atoms with Gasteiger partial charge >= 0.3 is 0 Å². The second-order valence-corrected chi connectivity index (χ2v) is 9.96. The van der Waals surface area contributed by atoms with Crippen molar-refractivity contribution >= 4 is 29.4 Å². The topological polar surface area (TPSA) is 69.6 Å². The molecule has 3 saturated heterocycles. The van der Waals surface area contributed by atoms with E-state index in [1.807, 2.05) is 22.8 Å². The maximum atomic E-state index is 13.1. The minimum Gasteiger partial charge on any atom is -0.353 e. The average molecular weight is 404 g/mol. The molecule has 0 saturated carbocycles. The van der Waals surface area contributed by atoms with Crippen LogP contribution in [0.4, 0.5) is 5.82 Å². The molecule has 28 heavy (non-hydrogen) atoms. The van der Waals surface area contributed by atoms with Crippen LogP contribution in [0.3, 0.4) is 0 Å². The molecule has 0 N–H and O–H groups in total. The molecule has 0 aromatic carbocycles. The third-order valence-electron chi connectivity index (χ3n) is 6.02. The van der Waals surface area contributed by atoms with Crippen molar-refractivity contribution in [2.45, 2.75) is 57.4 Å². The van der Waals surface area contributed by atoms with Crippen LogP contribution in [-0.4, -0.2) is 74.4 Å². The fourth-order valence-electron chi connectivity index (χ4n) is 4.36. The summed E-state index contributed by atoms with van der Waals surface area (Å²) >= 11 is 1.75. The number of thioether (sulfide) groups is 1. The van der Waals surface area contributed by atoms with E-state index in [9.17, 15) is 9.59 Å². The lowest BCUT2D eigenvalue weighted by Crippen LogP contribution is -2.56. The number of aryl methyl sites for hydroxylation is 1. The fraction of sp³-hybridized carbons (Fsp3) is 0.700. The molecule has 2 amide bonds. The number of carbonyl (C=O) groups is 2. The number of nitrogens with zero attached hydrogens (tertiary/aromatic N) is 5. The molecule has 4 rings (SSSR count). The largest absolute Gasteiger partial charge is 0.353 e. The molecule has 1 aromatic rings. The second kappa shape index (κ2) is 7.21. The van der Waals surface area contributed by atoms with E-state index < -0.39 is 0 Å². The van der Waals surface area contributed by atoms with Gasteiger partial charge in [-0.15, -0.1) is 11.8 Å². The van der Waals surface area contributed by atoms with Gasteiger partial charge in [0, 0.05) is 56.0 Å². The monoisotopic (exact) mass is 403 g/mol. The van der Waals surface area contributed by atoms with Gasteiger partial charge in [-0.05, 0) is 20.3 Å². The molecule has 3 aliphatic heterocycles. The lowest BCUT2D eigenvalue weighted by atomic mass is 10.2. The molecule has 2 unspecified atom stereocenters. The first kappa shape index (κ1) is 19.5. The van der Waals surface area contributed by atoms with E-state index in [0.717, 1.165) is 36.8 Å². The molecule has 152 valence electrons. The summed E-state index contributed by atoms with van der Waals surface area (Å²) in [5, 5.41) is 0. The number of fused-ring (bicyclic) bond motifs is 1. The number of aromatic nitrogens is 2. The zero-order valence-electron chi connectivity index (χ0n) is 17.1. The normalized spacial score (nSPS) is 27.7. The van der Waals surface area contributed by atoms with E-state index in [1.165, 1.54) is 0 Å². The molecule has 0 spiro atoms. The summed E-state index contributed by atoms with van der Waals surface area (Å²) in [5.41, 5.74) is 0.974. The van der Waals surface area contributed by atoms with Gasteiger partial charge in [0.2, 0.25) is 11.8 Å². The summed E-state index contributed by atoms with van der Waals surface area (Å²) in [7, 11) is 0. The highest BCUT2D eigenvalue weighted by Gasteiger charge is 2.53. The van der Waals surface area contributed by atoms with Crippen LogP contribution in [-0.2, 0) is 9.59 Å². The van der Waals surface area contributed by atoms with Gasteiger partial charge in [0.1, 0.15) is 17.7 Å². The predicted molar refractivity (Wildman–Crippen MR) is 110 cm³/mol. The number of rotatable bonds is 3. The molecule has 0 aliphatic carbocycles. The summed E-state index contributed by atoms with van der Waals surface area (Å²) in [6.07, 6.45) is 1.41. The molecule has 2 atom stereocenters. The fourth-order valence-corrected chi connectivity index (χ4v) is 5.79. The standard InChI is InChI=1S/C20H29N5O2S/c1-13(2)18-21-14(3)11-16(22-18)23-7-9-24(10-8-23)19(27)15-12-28-20(4)6-5-17(26)25(15)20/h11,13,15H,5-10,12H2,1-4H3. The number of piperazine rings is 1. The van der Waals surface area contributed by atoms with Crippen LogP contribution in [0, 0.1) is 6.92 Å². The van der Waals surface area contributed by atoms with Crippen molar-refractivity contribution in [3.63, 3.8) is 0 Å². The van der Waals surface area contributed by atoms with E-state index in [1.54, 1.807) is 11.8 Å². The van der Waals surface area contributed by atoms with Gasteiger partial charge in [0.05, 0.1) is 4.87 Å². The first-order valence-electron chi connectivity index (χ1n) is 10.1. The first-order chi connectivity index (χ1) is 13.3. The van der Waals surface area contributed by atoms with Crippen molar-refractivity contribution < 1.29 is 9.59 Å². The SMILES string of the molecule is Cc1cc(N2CCN(C(=O)C3CSC4(C)CCC(=O)N34)CC2)nc(C(C)C)n1. The van der Waals surface area contributed by atoms with Crippen LogP contribution in [0.25, 0.3) is 0 Å². The zero-order chi connectivity index (χ0) is 20.1. The lowest BCUT2D eigenvalue weighted by Gasteiger charge is -2.38. The Labute approximate surface area is 170 Å². The Bertz CT molecular complexity index is 793. The molecule has 8 heteroatoms. The van der Waals surface area contributed by atoms with Crippen LogP contribution < -0.4 is 4.90 Å². The number of anilines is 1. The summed E-state index contributed by atoms with van der Waals surface area (Å²) < 4.78 is 0. The van der Waals surface area contributed by atoms with Crippen molar-refractivity contribution in [1.82, 2.24) is 19.8 Å². The highest BCUT2D eigenvalue weighted by atomic mass is 32.2. The van der Waals surface area contributed by atoms with Crippen LogP contribution in [0.5, 0.6) is 0 Å². The van der Waals surface area contributed by atoms with E-state index in [-0.39, 0.29) is 28.6 Å². The predicted octanol–water partition coefficient (Wildman–Crippen LogP) is 2.01. The van der Waals surface area contributed by atoms with Gasteiger partial charge in [-0.2, -0.15) is 0 Å². The van der Waals surface area contributed by atoms with Gasteiger partial charge in [-0.25, -0.2) is 9.97 Å². The quantitative estimate of drug-likeness (QED) is 0.769. The van der Waals surface area contributed by atoms with Crippen LogP contribution in [0.2, 0.25) is 0 Å². The van der Waals surface area contributed by atoms with Gasteiger partial charge in [0.25, 0.3) is 0 Å². The summed E-state index contributed by atoms with van der Waals surface area (Å²) in [5.74, 6) is 3.04. The molecule has 1 aromatic heterocycles. The molecule has 0 bridgehead atoms. The number of carbonyl (C=O) groups excluding carboxylic acids is 2. The Balaban J connectivity index is 1.42. The van der Waals surface area contributed by atoms with E-state index in [4.69, 9.17) is 4.98 Å². The van der Waals surface area contributed by atoms with E-state index in [2.05, 4.69) is 30.7 Å². The van der Waals surface area contributed by atoms with Gasteiger partial charge in [-0.3, -0.25) is 9.59 Å². The smallest absolute Gasteiger partial charge is 0.246 e. The molecular weight excluding hydrogens is 374 g/mol. The van der Waals surface area contributed by atoms with Gasteiger partial charge in [0.15, 0.2) is 0 Å². The Morgan fingerprint density at radius 2 is 1.96 bits per heavy atom. The van der Waals surface area contributed by atoms with E-state index in [0.29, 0.717) is 25.3 Å². The summed E-state index contributed by atoms with van der Waals surface area (Å²) in [6.45, 7) is 11.1. The molecule has 4 heterocycles. The Morgan fingerprint density at radius 1 is 1.25 bits per heavy atom. The number of hydrogen-bond donors (Lipinski definition) is 0. The maximum Gasteiger partial charge on any atom is 0.246 e. The van der Waals surface area contributed by atoms with Crippen molar-refractivity contribution in [2.24, 2.45) is 0 Å². The van der Waals surface area contributed by atoms with Crippen LogP contribution >= 0.6 is 11.8 Å². The third kappa shape index (κ3) is 3.36. The van der Waals surface area contributed by atoms with Crippen LogP contribution in [0.1, 0.15) is 51.0 Å². The molecule has 3 aliphatic rings. The Kier molecular flexibility index (Phi) is 5.02. The zero-order valence-corrected chi connectivity index (χ0v) is 18.0. The Morgan fingerprint density at radius 3 is 2.64 bits per heavy atom. The van der Waals surface area contributed by atoms with Gasteiger partial charge < -0.3 is 14.7 Å². The third-order valence-corrected chi connectivity index (χ3v) is 7.52. The number of hydrogen-bond acceptors (Lipinski definition) is 6. The minimum atomic E-state index is -0.301. The molecule has 3 fully saturated rings. The summed E-state index contributed by atoms with van der Waals surface area (Å²) in [4.78, 5) is 40.6. The number of amides is 2. The highest BCUT2D eigenvalue weighted by Crippen LogP contribution is 2.47. The second-order valence-electron chi connectivity index (χ2n) is 8.46. The van der Waals surface area contributed by atoms with Gasteiger partial charge in [-0.1, -0.05) is 13.8 Å². The van der Waals surface area contributed by atoms with Crippen molar-refractivity contribution in [2.75, 3.05) is 36.8 Å². The van der Waals surface area contributed by atoms with Crippen LogP contribution in [0.15, 0.2) is 6.07 Å². The highest BCUT2D eigenvalue weighted by molar-refractivity contribution is 8.01. The lowest BCUT2D eigenvalue weighted by molar-refractivity contribution is -0.143. The van der Waals surface area contributed by atoms with Crippen molar-refractivity contribution in [3.8, 4) is 0 Å². The maximum absolute atomic E-state index is 13.1. The van der Waals surface area contributed by atoms with Crippen molar-refractivity contribution in [1.29, 1.82) is 0 Å².